The molecule has 2 amide bonds. The molecule has 2 aromatic rings. The molecule has 0 aromatic heterocycles. The molecule has 9 heteroatoms. The van der Waals surface area contributed by atoms with Gasteiger partial charge in [-0.3, -0.25) is 9.59 Å². The van der Waals surface area contributed by atoms with Crippen LogP contribution in [0.3, 0.4) is 0 Å². The number of nitrogens with zero attached hydrogens (tertiary/aromatic N) is 1. The average Bonchev–Trinajstić information content (AvgIpc) is 2.74. The maximum absolute atomic E-state index is 13.2. The van der Waals surface area contributed by atoms with Gasteiger partial charge in [-0.2, -0.15) is 13.2 Å². The largest absolute Gasteiger partial charge is 0.481 e. The number of halogens is 3. The van der Waals surface area contributed by atoms with E-state index in [2.05, 4.69) is 5.32 Å². The summed E-state index contributed by atoms with van der Waals surface area (Å²) in [6.45, 7) is 0.486. The van der Waals surface area contributed by atoms with Crippen LogP contribution >= 0.6 is 0 Å². The molecular formula is C24H21F3N2O4. The lowest BCUT2D eigenvalue weighted by atomic mass is 9.85. The molecule has 172 valence electrons. The molecule has 3 aliphatic heterocycles. The van der Waals surface area contributed by atoms with Crippen molar-refractivity contribution in [2.75, 3.05) is 30.5 Å². The lowest BCUT2D eigenvalue weighted by Gasteiger charge is -2.45. The van der Waals surface area contributed by atoms with Crippen molar-refractivity contribution in [3.63, 3.8) is 0 Å². The van der Waals surface area contributed by atoms with E-state index in [-0.39, 0.29) is 24.9 Å². The first kappa shape index (κ1) is 21.5. The van der Waals surface area contributed by atoms with Crippen LogP contribution in [-0.2, 0) is 26.9 Å². The van der Waals surface area contributed by atoms with Crippen LogP contribution in [0.15, 0.2) is 42.5 Å². The fourth-order valence-corrected chi connectivity index (χ4v) is 4.43. The predicted octanol–water partition coefficient (Wildman–Crippen LogP) is 4.19. The molecule has 33 heavy (non-hydrogen) atoms. The highest BCUT2D eigenvalue weighted by Gasteiger charge is 2.46. The molecule has 0 saturated carbocycles. The van der Waals surface area contributed by atoms with Gasteiger partial charge in [-0.15, -0.1) is 0 Å². The monoisotopic (exact) mass is 458 g/mol. The molecule has 2 aromatic carbocycles. The average molecular weight is 458 g/mol. The van der Waals surface area contributed by atoms with Crippen LogP contribution in [-0.4, -0.2) is 37.7 Å². The number of aryl methyl sites for hydroxylation is 1. The van der Waals surface area contributed by atoms with Gasteiger partial charge in [0.2, 0.25) is 11.8 Å². The Kier molecular flexibility index (Phi) is 4.97. The number of fused-ring (bicyclic) bond motifs is 2. The van der Waals surface area contributed by atoms with Crippen molar-refractivity contribution in [1.82, 2.24) is 0 Å². The minimum Gasteiger partial charge on any atom is -0.481 e. The van der Waals surface area contributed by atoms with Crippen LogP contribution in [0.25, 0.3) is 5.57 Å². The number of carbonyl (C=O) groups excluding carboxylic acids is 2. The lowest BCUT2D eigenvalue weighted by Crippen LogP contribution is -2.55. The molecule has 0 bridgehead atoms. The number of rotatable bonds is 2. The number of ether oxygens (including phenoxy) is 2. The minimum absolute atomic E-state index is 0.0122. The Morgan fingerprint density at radius 1 is 1.15 bits per heavy atom. The van der Waals surface area contributed by atoms with Gasteiger partial charge in [-0.25, -0.2) is 0 Å². The number of alkyl halides is 3. The number of carbonyl (C=O) groups is 2. The van der Waals surface area contributed by atoms with E-state index in [1.165, 1.54) is 12.1 Å². The summed E-state index contributed by atoms with van der Waals surface area (Å²) < 4.78 is 50.7. The summed E-state index contributed by atoms with van der Waals surface area (Å²) >= 11 is 0. The van der Waals surface area contributed by atoms with Gasteiger partial charge in [0.05, 0.1) is 18.8 Å². The van der Waals surface area contributed by atoms with Crippen molar-refractivity contribution < 1.29 is 32.2 Å². The molecule has 0 atom stereocenters. The smallest absolute Gasteiger partial charge is 0.416 e. The summed E-state index contributed by atoms with van der Waals surface area (Å²) in [5.74, 6) is -0.316. The van der Waals surface area contributed by atoms with Crippen molar-refractivity contribution in [2.24, 2.45) is 0 Å². The SMILES string of the molecule is CN1C(=O)CCc2ccc(NC(=O)/C=C3\CC4(COC4)Oc4cc(C(F)(F)F)ccc43)cc21. The van der Waals surface area contributed by atoms with Gasteiger partial charge >= 0.3 is 6.18 Å². The van der Waals surface area contributed by atoms with E-state index in [0.29, 0.717) is 36.1 Å². The summed E-state index contributed by atoms with van der Waals surface area (Å²) in [7, 11) is 1.70. The molecule has 3 heterocycles. The topological polar surface area (TPSA) is 67.9 Å². The molecule has 5 rings (SSSR count). The van der Waals surface area contributed by atoms with Gasteiger partial charge in [-0.1, -0.05) is 12.1 Å². The third-order valence-corrected chi connectivity index (χ3v) is 6.23. The zero-order valence-corrected chi connectivity index (χ0v) is 17.8. The number of nitrogens with one attached hydrogen (secondary N) is 1. The maximum Gasteiger partial charge on any atom is 0.416 e. The highest BCUT2D eigenvalue weighted by atomic mass is 19.4. The van der Waals surface area contributed by atoms with Crippen LogP contribution < -0.4 is 15.0 Å². The number of hydrogen-bond donors (Lipinski definition) is 1. The molecule has 1 N–H and O–H groups in total. The molecular weight excluding hydrogens is 437 g/mol. The molecule has 1 spiro atoms. The molecule has 0 aliphatic carbocycles. The highest BCUT2D eigenvalue weighted by molar-refractivity contribution is 6.05. The third kappa shape index (κ3) is 3.97. The second-order valence-electron chi connectivity index (χ2n) is 8.62. The van der Waals surface area contributed by atoms with Crippen LogP contribution in [0, 0.1) is 0 Å². The Bertz CT molecular complexity index is 1180. The van der Waals surface area contributed by atoms with E-state index in [4.69, 9.17) is 9.47 Å². The van der Waals surface area contributed by atoms with Crippen LogP contribution in [0.5, 0.6) is 5.75 Å². The van der Waals surface area contributed by atoms with Crippen molar-refractivity contribution in [1.29, 1.82) is 0 Å². The van der Waals surface area contributed by atoms with Gasteiger partial charge in [0.25, 0.3) is 0 Å². The van der Waals surface area contributed by atoms with E-state index >= 15 is 0 Å². The first-order valence-corrected chi connectivity index (χ1v) is 10.5. The van der Waals surface area contributed by atoms with Gasteiger partial charge in [0.1, 0.15) is 5.75 Å². The van der Waals surface area contributed by atoms with E-state index < -0.39 is 23.2 Å². The fraction of sp³-hybridized carbons (Fsp3) is 0.333. The fourth-order valence-electron chi connectivity index (χ4n) is 4.43. The summed E-state index contributed by atoms with van der Waals surface area (Å²) in [6, 6.07) is 8.69. The lowest BCUT2D eigenvalue weighted by molar-refractivity contribution is -0.161. The van der Waals surface area contributed by atoms with Crippen molar-refractivity contribution in [2.45, 2.75) is 31.0 Å². The van der Waals surface area contributed by atoms with Crippen LogP contribution in [0.2, 0.25) is 0 Å². The second-order valence-corrected chi connectivity index (χ2v) is 8.62. The first-order valence-electron chi connectivity index (χ1n) is 10.5. The number of anilines is 2. The van der Waals surface area contributed by atoms with E-state index in [0.717, 1.165) is 23.4 Å². The maximum atomic E-state index is 13.2. The molecule has 3 aliphatic rings. The van der Waals surface area contributed by atoms with Gasteiger partial charge in [-0.05, 0) is 41.8 Å². The quantitative estimate of drug-likeness (QED) is 0.686. The molecule has 0 unspecified atom stereocenters. The summed E-state index contributed by atoms with van der Waals surface area (Å²) in [4.78, 5) is 26.4. The van der Waals surface area contributed by atoms with Gasteiger partial charge < -0.3 is 19.7 Å². The number of amides is 2. The molecule has 1 saturated heterocycles. The van der Waals surface area contributed by atoms with Crippen molar-refractivity contribution in [3.8, 4) is 5.75 Å². The zero-order chi connectivity index (χ0) is 23.4. The first-order chi connectivity index (χ1) is 15.6. The van der Waals surface area contributed by atoms with Gasteiger partial charge in [0.15, 0.2) is 5.60 Å². The predicted molar refractivity (Wildman–Crippen MR) is 115 cm³/mol. The third-order valence-electron chi connectivity index (χ3n) is 6.23. The Morgan fingerprint density at radius 2 is 1.94 bits per heavy atom. The standard InChI is InChI=1S/C24H21F3N2O4/c1-29-19-10-17(5-2-14(19)3-7-22(29)31)28-21(30)8-15-11-23(12-32-13-23)33-20-9-16(24(25,26)27)4-6-18(15)20/h2,4-6,8-10H,3,7,11-13H2,1H3,(H,28,30)/b15-8+. The van der Waals surface area contributed by atoms with E-state index in [1.54, 1.807) is 24.1 Å². The van der Waals surface area contributed by atoms with Gasteiger partial charge in [0, 0.05) is 42.9 Å². The minimum atomic E-state index is -4.50. The summed E-state index contributed by atoms with van der Waals surface area (Å²) in [5, 5.41) is 2.80. The van der Waals surface area contributed by atoms with Crippen LogP contribution in [0.1, 0.15) is 29.5 Å². The Labute approximate surface area is 188 Å². The summed E-state index contributed by atoms with van der Waals surface area (Å²) in [6.07, 6.45) is -1.66. The molecule has 0 radical (unpaired) electrons. The Hall–Kier alpha value is -3.33. The second kappa shape index (κ2) is 7.62. The zero-order valence-electron chi connectivity index (χ0n) is 17.8. The van der Waals surface area contributed by atoms with Crippen LogP contribution in [0.4, 0.5) is 24.5 Å². The molecule has 6 nitrogen and oxygen atoms in total. The van der Waals surface area contributed by atoms with Crippen molar-refractivity contribution >= 4 is 28.8 Å². The van der Waals surface area contributed by atoms with E-state index in [1.807, 2.05) is 6.07 Å². The normalized spacial score (nSPS) is 20.1. The Balaban J connectivity index is 1.43. The van der Waals surface area contributed by atoms with E-state index in [9.17, 15) is 22.8 Å². The van der Waals surface area contributed by atoms with Crippen molar-refractivity contribution in [3.05, 3.63) is 59.2 Å². The number of hydrogen-bond acceptors (Lipinski definition) is 4. The number of benzene rings is 2. The Morgan fingerprint density at radius 3 is 2.64 bits per heavy atom. The molecule has 1 fully saturated rings. The highest BCUT2D eigenvalue weighted by Crippen LogP contribution is 2.45. The summed E-state index contributed by atoms with van der Waals surface area (Å²) in [5.41, 5.74) is 1.76.